The summed E-state index contributed by atoms with van der Waals surface area (Å²) >= 11 is 0. The van der Waals surface area contributed by atoms with Gasteiger partial charge in [0.05, 0.1) is 0 Å². The van der Waals surface area contributed by atoms with Crippen LogP contribution in [0.4, 0.5) is 4.79 Å². The first-order valence-electron chi connectivity index (χ1n) is 13.2. The first kappa shape index (κ1) is 24.3. The summed E-state index contributed by atoms with van der Waals surface area (Å²) in [5.74, 6) is 1.95. The molecule has 4 saturated carbocycles. The maximum absolute atomic E-state index is 13.2. The summed E-state index contributed by atoms with van der Waals surface area (Å²) in [6, 6.07) is 16.3. The molecule has 0 spiro atoms. The van der Waals surface area contributed by atoms with Gasteiger partial charge in [-0.15, -0.1) is 0 Å². The van der Waals surface area contributed by atoms with Gasteiger partial charge in [0.1, 0.15) is 11.9 Å². The van der Waals surface area contributed by atoms with Crippen LogP contribution in [-0.4, -0.2) is 35.9 Å². The number of hydrogen-bond acceptors (Lipinski definition) is 3. The number of rotatable bonds is 9. The van der Waals surface area contributed by atoms with E-state index in [1.165, 1.54) is 19.3 Å². The van der Waals surface area contributed by atoms with Gasteiger partial charge in [-0.2, -0.15) is 0 Å². The molecule has 7 nitrogen and oxygen atoms in total. The van der Waals surface area contributed by atoms with Crippen molar-refractivity contribution in [3.8, 4) is 0 Å². The summed E-state index contributed by atoms with van der Waals surface area (Å²) in [6.07, 6.45) is 8.14. The lowest BCUT2D eigenvalue weighted by Gasteiger charge is -2.56. The quantitative estimate of drug-likeness (QED) is 0.275. The van der Waals surface area contributed by atoms with Crippen LogP contribution < -0.4 is 21.7 Å². The lowest BCUT2D eigenvalue weighted by Crippen LogP contribution is -2.63. The molecule has 0 heterocycles. The largest absolute Gasteiger partial charge is 0.384 e. The van der Waals surface area contributed by atoms with Crippen LogP contribution in [0.15, 0.2) is 54.6 Å². The Labute approximate surface area is 213 Å². The lowest BCUT2D eigenvalue weighted by atomic mass is 9.53. The zero-order valence-electron chi connectivity index (χ0n) is 20.8. The minimum absolute atomic E-state index is 0.0202. The number of carbonyl (C=O) groups excluding carboxylic acids is 2. The summed E-state index contributed by atoms with van der Waals surface area (Å²) in [7, 11) is 0. The van der Waals surface area contributed by atoms with Gasteiger partial charge in [0.25, 0.3) is 0 Å². The molecule has 6 N–H and O–H groups in total. The molecule has 2 aromatic carbocycles. The molecule has 4 bridgehead atoms. The number of nitrogen functional groups attached to an aromatic ring is 1. The number of nitrogens with one attached hydrogen (secondary N) is 4. The highest BCUT2D eigenvalue weighted by molar-refractivity contribution is 5.95. The van der Waals surface area contributed by atoms with Crippen molar-refractivity contribution in [1.29, 1.82) is 5.41 Å². The Morgan fingerprint density at radius 1 is 0.944 bits per heavy atom. The van der Waals surface area contributed by atoms with Crippen molar-refractivity contribution in [1.82, 2.24) is 16.0 Å². The second-order valence-corrected chi connectivity index (χ2v) is 11.2. The van der Waals surface area contributed by atoms with Crippen LogP contribution in [0, 0.1) is 23.2 Å². The monoisotopic (exact) mass is 487 g/mol. The molecule has 0 aromatic heterocycles. The van der Waals surface area contributed by atoms with E-state index >= 15 is 0 Å². The van der Waals surface area contributed by atoms with E-state index in [1.54, 1.807) is 6.07 Å². The second-order valence-electron chi connectivity index (χ2n) is 11.2. The summed E-state index contributed by atoms with van der Waals surface area (Å²) in [5.41, 5.74) is 8.14. The number of urea groups is 1. The third-order valence-corrected chi connectivity index (χ3v) is 8.27. The molecule has 0 saturated heterocycles. The van der Waals surface area contributed by atoms with E-state index in [1.807, 2.05) is 48.5 Å². The third-order valence-electron chi connectivity index (χ3n) is 8.27. The Morgan fingerprint density at radius 3 is 2.22 bits per heavy atom. The van der Waals surface area contributed by atoms with E-state index in [0.717, 1.165) is 54.6 Å². The van der Waals surface area contributed by atoms with Gasteiger partial charge in [0, 0.05) is 24.1 Å². The molecule has 0 aliphatic heterocycles. The smallest absolute Gasteiger partial charge is 0.315 e. The molecule has 4 fully saturated rings. The van der Waals surface area contributed by atoms with Crippen LogP contribution in [0.1, 0.15) is 55.2 Å². The summed E-state index contributed by atoms with van der Waals surface area (Å²) in [5, 5.41) is 17.1. The van der Waals surface area contributed by atoms with Gasteiger partial charge in [-0.3, -0.25) is 10.2 Å². The fourth-order valence-electron chi connectivity index (χ4n) is 7.11. The molecule has 1 atom stereocenters. The zero-order valence-corrected chi connectivity index (χ0v) is 20.8. The topological polar surface area (TPSA) is 120 Å². The number of amides is 3. The van der Waals surface area contributed by atoms with Gasteiger partial charge in [-0.25, -0.2) is 4.79 Å². The molecule has 0 radical (unpaired) electrons. The molecule has 3 amide bonds. The van der Waals surface area contributed by atoms with E-state index < -0.39 is 6.04 Å². The van der Waals surface area contributed by atoms with Crippen LogP contribution in [0.3, 0.4) is 0 Å². The van der Waals surface area contributed by atoms with Gasteiger partial charge in [0.15, 0.2) is 0 Å². The molecule has 2 aromatic rings. The van der Waals surface area contributed by atoms with E-state index in [9.17, 15) is 9.59 Å². The van der Waals surface area contributed by atoms with E-state index in [0.29, 0.717) is 18.5 Å². The van der Waals surface area contributed by atoms with Crippen molar-refractivity contribution in [2.75, 3.05) is 6.54 Å². The number of amidine groups is 1. The predicted molar refractivity (Wildman–Crippen MR) is 141 cm³/mol. The highest BCUT2D eigenvalue weighted by Gasteiger charge is 2.51. The van der Waals surface area contributed by atoms with Crippen molar-refractivity contribution in [2.45, 2.75) is 62.9 Å². The van der Waals surface area contributed by atoms with Crippen molar-refractivity contribution in [3.05, 3.63) is 71.3 Å². The first-order chi connectivity index (χ1) is 17.4. The normalized spacial score (nSPS) is 26.7. The third kappa shape index (κ3) is 5.72. The molecular weight excluding hydrogens is 450 g/mol. The van der Waals surface area contributed by atoms with Crippen molar-refractivity contribution >= 4 is 17.8 Å². The second kappa shape index (κ2) is 10.3. The number of hydrogen-bond donors (Lipinski definition) is 5. The average Bonchev–Trinajstić information content (AvgIpc) is 2.83. The summed E-state index contributed by atoms with van der Waals surface area (Å²) < 4.78 is 0. The zero-order chi connectivity index (χ0) is 25.1. The van der Waals surface area contributed by atoms with Gasteiger partial charge in [-0.1, -0.05) is 48.5 Å². The summed E-state index contributed by atoms with van der Waals surface area (Å²) in [6.45, 7) is 0.491. The maximum Gasteiger partial charge on any atom is 0.315 e. The highest BCUT2D eigenvalue weighted by Crippen LogP contribution is 2.55. The number of benzene rings is 2. The molecule has 4 aliphatic rings. The standard InChI is InChI=1S/C29H37N5O2/c30-26(31)24-8-4-7-20(14-24)15-25(27(35)32-10-9-19-5-2-1-3-6-19)33-28(36)34-29-16-21-11-22(17-29)13-23(12-21)18-29/h1-8,14,21-23,25H,9-13,15-18H2,(H3,30,31)(H,32,35)(H2,33,34,36). The molecule has 190 valence electrons. The average molecular weight is 488 g/mol. The fraction of sp³-hybridized carbons (Fsp3) is 0.483. The Hall–Kier alpha value is -3.35. The maximum atomic E-state index is 13.2. The molecule has 7 heteroatoms. The van der Waals surface area contributed by atoms with E-state index in [4.69, 9.17) is 11.1 Å². The summed E-state index contributed by atoms with van der Waals surface area (Å²) in [4.78, 5) is 26.5. The fourth-order valence-corrected chi connectivity index (χ4v) is 7.11. The van der Waals surface area contributed by atoms with Crippen LogP contribution >= 0.6 is 0 Å². The van der Waals surface area contributed by atoms with Crippen LogP contribution in [-0.2, 0) is 17.6 Å². The van der Waals surface area contributed by atoms with Gasteiger partial charge in [0.2, 0.25) is 5.91 Å². The van der Waals surface area contributed by atoms with Crippen LogP contribution in [0.25, 0.3) is 0 Å². The Bertz CT molecular complexity index is 1080. The molecule has 36 heavy (non-hydrogen) atoms. The minimum Gasteiger partial charge on any atom is -0.384 e. The number of carbonyl (C=O) groups is 2. The van der Waals surface area contributed by atoms with Gasteiger partial charge < -0.3 is 21.7 Å². The SMILES string of the molecule is N=C(N)c1cccc(CC(NC(=O)NC23CC4CC(CC(C4)C2)C3)C(=O)NCCc2ccccc2)c1. The predicted octanol–water partition coefficient (Wildman–Crippen LogP) is 3.51. The van der Waals surface area contributed by atoms with E-state index in [-0.39, 0.29) is 23.3 Å². The molecule has 6 rings (SSSR count). The van der Waals surface area contributed by atoms with Crippen LogP contribution in [0.5, 0.6) is 0 Å². The molecule has 4 aliphatic carbocycles. The van der Waals surface area contributed by atoms with Gasteiger partial charge >= 0.3 is 6.03 Å². The van der Waals surface area contributed by atoms with Crippen LogP contribution in [0.2, 0.25) is 0 Å². The lowest BCUT2D eigenvalue weighted by molar-refractivity contribution is -0.122. The van der Waals surface area contributed by atoms with Crippen molar-refractivity contribution < 1.29 is 9.59 Å². The van der Waals surface area contributed by atoms with Crippen molar-refractivity contribution in [2.24, 2.45) is 23.5 Å². The van der Waals surface area contributed by atoms with E-state index in [2.05, 4.69) is 16.0 Å². The minimum atomic E-state index is -0.725. The highest BCUT2D eigenvalue weighted by atomic mass is 16.2. The molecule has 1 unspecified atom stereocenters. The molecular formula is C29H37N5O2. The Morgan fingerprint density at radius 2 is 1.58 bits per heavy atom. The number of nitrogens with two attached hydrogens (primary N) is 1. The van der Waals surface area contributed by atoms with Gasteiger partial charge in [-0.05, 0) is 79.9 Å². The Balaban J connectivity index is 1.25. The Kier molecular flexibility index (Phi) is 6.99. The first-order valence-corrected chi connectivity index (χ1v) is 13.2. The van der Waals surface area contributed by atoms with Crippen molar-refractivity contribution in [3.63, 3.8) is 0 Å².